The molecular weight excluding hydrogens is 198 g/mol. The van der Waals surface area contributed by atoms with E-state index in [1.54, 1.807) is 0 Å². The van der Waals surface area contributed by atoms with E-state index in [4.69, 9.17) is 5.73 Å². The third-order valence-electron chi connectivity index (χ3n) is 2.98. The highest BCUT2D eigenvalue weighted by Gasteiger charge is 2.13. The molecule has 0 atom stereocenters. The molecule has 0 aliphatic carbocycles. The molecule has 0 unspecified atom stereocenters. The van der Waals surface area contributed by atoms with Crippen LogP contribution >= 0.6 is 0 Å². The normalized spacial score (nSPS) is 10.8. The second kappa shape index (κ2) is 4.10. The first-order chi connectivity index (χ1) is 7.65. The first-order valence-corrected chi connectivity index (χ1v) is 5.43. The molecule has 0 radical (unpaired) electrons. The smallest absolute Gasteiger partial charge is 0.0795 e. The van der Waals surface area contributed by atoms with Gasteiger partial charge in [-0.2, -0.15) is 5.10 Å². The second-order valence-electron chi connectivity index (χ2n) is 4.06. The third kappa shape index (κ3) is 1.63. The maximum Gasteiger partial charge on any atom is 0.0795 e. The molecule has 3 nitrogen and oxygen atoms in total. The van der Waals surface area contributed by atoms with Crippen LogP contribution in [0.3, 0.4) is 0 Å². The Labute approximate surface area is 95.9 Å². The van der Waals surface area contributed by atoms with Crippen LogP contribution in [0.2, 0.25) is 0 Å². The average molecular weight is 215 g/mol. The van der Waals surface area contributed by atoms with Gasteiger partial charge in [0.1, 0.15) is 0 Å². The summed E-state index contributed by atoms with van der Waals surface area (Å²) in [5, 5.41) is 4.44. The summed E-state index contributed by atoms with van der Waals surface area (Å²) in [7, 11) is 1.97. The van der Waals surface area contributed by atoms with Crippen LogP contribution in [0.25, 0.3) is 11.3 Å². The Hall–Kier alpha value is -1.61. The Morgan fingerprint density at radius 1 is 1.25 bits per heavy atom. The van der Waals surface area contributed by atoms with Gasteiger partial charge in [0.15, 0.2) is 0 Å². The number of hydrogen-bond acceptors (Lipinski definition) is 2. The van der Waals surface area contributed by atoms with Gasteiger partial charge in [-0.1, -0.05) is 24.3 Å². The van der Waals surface area contributed by atoms with E-state index in [0.717, 1.165) is 5.69 Å². The fourth-order valence-corrected chi connectivity index (χ4v) is 2.09. The lowest BCUT2D eigenvalue weighted by molar-refractivity contribution is 0.749. The number of rotatable bonds is 2. The van der Waals surface area contributed by atoms with Crippen LogP contribution in [0, 0.1) is 13.8 Å². The summed E-state index contributed by atoms with van der Waals surface area (Å²) in [5.74, 6) is 0. The van der Waals surface area contributed by atoms with Crippen LogP contribution in [-0.4, -0.2) is 9.78 Å². The molecule has 2 rings (SSSR count). The fraction of sp³-hybridized carbons (Fsp3) is 0.308. The molecule has 1 heterocycles. The molecule has 84 valence electrons. The first-order valence-electron chi connectivity index (χ1n) is 5.43. The summed E-state index contributed by atoms with van der Waals surface area (Å²) in [5.41, 5.74) is 11.5. The van der Waals surface area contributed by atoms with Crippen molar-refractivity contribution < 1.29 is 0 Å². The molecule has 0 saturated carbocycles. The Morgan fingerprint density at radius 2 is 1.94 bits per heavy atom. The number of benzene rings is 1. The Bertz CT molecular complexity index is 512. The van der Waals surface area contributed by atoms with Crippen LogP contribution in [0.1, 0.15) is 16.8 Å². The van der Waals surface area contributed by atoms with E-state index in [-0.39, 0.29) is 0 Å². The first kappa shape index (κ1) is 10.9. The molecular formula is C13H17N3. The van der Waals surface area contributed by atoms with Crippen LogP contribution < -0.4 is 5.73 Å². The SMILES string of the molecule is Cc1ccccc1-c1c(C)c(CN)nn1C. The Morgan fingerprint density at radius 3 is 2.50 bits per heavy atom. The van der Waals surface area contributed by atoms with E-state index < -0.39 is 0 Å². The maximum atomic E-state index is 5.67. The summed E-state index contributed by atoms with van der Waals surface area (Å²) in [6.07, 6.45) is 0. The molecule has 0 amide bonds. The summed E-state index contributed by atoms with van der Waals surface area (Å²) >= 11 is 0. The van der Waals surface area contributed by atoms with Gasteiger partial charge in [0, 0.05) is 19.2 Å². The molecule has 16 heavy (non-hydrogen) atoms. The molecule has 0 spiro atoms. The van der Waals surface area contributed by atoms with Crippen molar-refractivity contribution in [2.24, 2.45) is 12.8 Å². The molecule has 0 bridgehead atoms. The van der Waals surface area contributed by atoms with Crippen molar-refractivity contribution >= 4 is 0 Å². The van der Waals surface area contributed by atoms with Gasteiger partial charge in [0.2, 0.25) is 0 Å². The van der Waals surface area contributed by atoms with Gasteiger partial charge in [0.05, 0.1) is 11.4 Å². The van der Waals surface area contributed by atoms with Gasteiger partial charge >= 0.3 is 0 Å². The lowest BCUT2D eigenvalue weighted by atomic mass is 10.0. The van der Waals surface area contributed by atoms with Crippen LogP contribution in [-0.2, 0) is 13.6 Å². The predicted octanol–water partition coefficient (Wildman–Crippen LogP) is 2.16. The third-order valence-corrected chi connectivity index (χ3v) is 2.98. The minimum atomic E-state index is 0.492. The van der Waals surface area contributed by atoms with Crippen molar-refractivity contribution in [3.05, 3.63) is 41.1 Å². The molecule has 2 aromatic rings. The summed E-state index contributed by atoms with van der Waals surface area (Å²) < 4.78 is 1.92. The molecule has 0 aliphatic heterocycles. The van der Waals surface area contributed by atoms with E-state index in [1.807, 2.05) is 17.8 Å². The number of hydrogen-bond donors (Lipinski definition) is 1. The zero-order valence-electron chi connectivity index (χ0n) is 9.99. The molecule has 1 aromatic carbocycles. The van der Waals surface area contributed by atoms with Crippen LogP contribution in [0.4, 0.5) is 0 Å². The van der Waals surface area contributed by atoms with Gasteiger partial charge in [-0.3, -0.25) is 4.68 Å². The molecule has 1 aromatic heterocycles. The van der Waals surface area contributed by atoms with Crippen molar-refractivity contribution in [1.29, 1.82) is 0 Å². The average Bonchev–Trinajstić information content (AvgIpc) is 2.55. The van der Waals surface area contributed by atoms with Gasteiger partial charge < -0.3 is 5.73 Å². The van der Waals surface area contributed by atoms with E-state index in [1.165, 1.54) is 22.4 Å². The standard InChI is InChI=1S/C13H17N3/c1-9-6-4-5-7-11(9)13-10(2)12(8-14)15-16(13)3/h4-7H,8,14H2,1-3H3. The van der Waals surface area contributed by atoms with Crippen molar-refractivity contribution in [1.82, 2.24) is 9.78 Å². The monoisotopic (exact) mass is 215 g/mol. The topological polar surface area (TPSA) is 43.8 Å². The number of nitrogens with two attached hydrogens (primary N) is 1. The highest BCUT2D eigenvalue weighted by Crippen LogP contribution is 2.27. The Balaban J connectivity index is 2.65. The summed E-state index contributed by atoms with van der Waals surface area (Å²) in [6, 6.07) is 8.34. The maximum absolute atomic E-state index is 5.67. The van der Waals surface area contributed by atoms with Gasteiger partial charge in [-0.15, -0.1) is 0 Å². The molecule has 3 heteroatoms. The minimum Gasteiger partial charge on any atom is -0.325 e. The lowest BCUT2D eigenvalue weighted by Gasteiger charge is -2.07. The second-order valence-corrected chi connectivity index (χ2v) is 4.06. The van der Waals surface area contributed by atoms with Gasteiger partial charge in [-0.25, -0.2) is 0 Å². The molecule has 0 aliphatic rings. The van der Waals surface area contributed by atoms with Crippen molar-refractivity contribution in [3.8, 4) is 11.3 Å². The zero-order chi connectivity index (χ0) is 11.7. The van der Waals surface area contributed by atoms with E-state index in [2.05, 4.69) is 37.1 Å². The quantitative estimate of drug-likeness (QED) is 0.834. The van der Waals surface area contributed by atoms with E-state index >= 15 is 0 Å². The van der Waals surface area contributed by atoms with Crippen LogP contribution in [0.5, 0.6) is 0 Å². The van der Waals surface area contributed by atoms with Crippen molar-refractivity contribution in [2.75, 3.05) is 0 Å². The Kier molecular flexibility index (Phi) is 2.79. The fourth-order valence-electron chi connectivity index (χ4n) is 2.09. The highest BCUT2D eigenvalue weighted by molar-refractivity contribution is 5.67. The van der Waals surface area contributed by atoms with Crippen LogP contribution in [0.15, 0.2) is 24.3 Å². The number of aromatic nitrogens is 2. The number of aryl methyl sites for hydroxylation is 2. The summed E-state index contributed by atoms with van der Waals surface area (Å²) in [6.45, 7) is 4.69. The predicted molar refractivity (Wildman–Crippen MR) is 66.0 cm³/mol. The van der Waals surface area contributed by atoms with E-state index in [9.17, 15) is 0 Å². The van der Waals surface area contributed by atoms with E-state index in [0.29, 0.717) is 6.54 Å². The molecule has 0 saturated heterocycles. The zero-order valence-corrected chi connectivity index (χ0v) is 9.99. The van der Waals surface area contributed by atoms with Crippen molar-refractivity contribution in [3.63, 3.8) is 0 Å². The highest BCUT2D eigenvalue weighted by atomic mass is 15.3. The molecule has 2 N–H and O–H groups in total. The largest absolute Gasteiger partial charge is 0.325 e. The minimum absolute atomic E-state index is 0.492. The van der Waals surface area contributed by atoms with Gasteiger partial charge in [-0.05, 0) is 25.0 Å². The van der Waals surface area contributed by atoms with Crippen molar-refractivity contribution in [2.45, 2.75) is 20.4 Å². The molecule has 0 fully saturated rings. The summed E-state index contributed by atoms with van der Waals surface area (Å²) in [4.78, 5) is 0. The number of nitrogens with zero attached hydrogens (tertiary/aromatic N) is 2. The lowest BCUT2D eigenvalue weighted by Crippen LogP contribution is -1.99. The van der Waals surface area contributed by atoms with Gasteiger partial charge in [0.25, 0.3) is 0 Å².